The maximum atomic E-state index is 15.1. The van der Waals surface area contributed by atoms with Crippen molar-refractivity contribution in [3.05, 3.63) is 48.4 Å². The van der Waals surface area contributed by atoms with Gasteiger partial charge in [-0.25, -0.2) is 23.5 Å². The number of hydrogen-bond donors (Lipinski definition) is 1. The summed E-state index contributed by atoms with van der Waals surface area (Å²) in [5, 5.41) is 9.57. The first-order chi connectivity index (χ1) is 13.5. The molecule has 144 valence electrons. The van der Waals surface area contributed by atoms with Crippen LogP contribution in [0.4, 0.5) is 19.4 Å². The highest BCUT2D eigenvalue weighted by Gasteiger charge is 2.29. The second-order valence-electron chi connectivity index (χ2n) is 6.63. The lowest BCUT2D eigenvalue weighted by atomic mass is 10.1. The number of amides is 1. The van der Waals surface area contributed by atoms with Gasteiger partial charge in [0.05, 0.1) is 5.39 Å². The van der Waals surface area contributed by atoms with E-state index in [1.807, 2.05) is 11.8 Å². The molecule has 3 heterocycles. The molecule has 1 aliphatic rings. The van der Waals surface area contributed by atoms with Gasteiger partial charge in [-0.05, 0) is 19.1 Å². The molecule has 0 radical (unpaired) electrons. The molecule has 0 aliphatic carbocycles. The van der Waals surface area contributed by atoms with E-state index in [-0.39, 0.29) is 22.8 Å². The molecule has 4 rings (SSSR count). The van der Waals surface area contributed by atoms with E-state index in [4.69, 9.17) is 0 Å². The Hall–Kier alpha value is -3.36. The zero-order valence-electron chi connectivity index (χ0n) is 15.0. The second-order valence-corrected chi connectivity index (χ2v) is 6.63. The average Bonchev–Trinajstić information content (AvgIpc) is 2.69. The van der Waals surface area contributed by atoms with Crippen molar-refractivity contribution in [3.63, 3.8) is 0 Å². The molecular formula is C19H17F2N5O2. The maximum Gasteiger partial charge on any atom is 0.407 e. The van der Waals surface area contributed by atoms with E-state index in [1.54, 1.807) is 6.07 Å². The zero-order chi connectivity index (χ0) is 19.8. The summed E-state index contributed by atoms with van der Waals surface area (Å²) < 4.78 is 29.2. The van der Waals surface area contributed by atoms with Gasteiger partial charge in [0.15, 0.2) is 5.82 Å². The van der Waals surface area contributed by atoms with Crippen LogP contribution in [0.15, 0.2) is 36.8 Å². The van der Waals surface area contributed by atoms with Gasteiger partial charge >= 0.3 is 6.09 Å². The number of piperazine rings is 1. The summed E-state index contributed by atoms with van der Waals surface area (Å²) in [5.74, 6) is -0.807. The Morgan fingerprint density at radius 2 is 1.96 bits per heavy atom. The second kappa shape index (κ2) is 6.99. The van der Waals surface area contributed by atoms with Crippen LogP contribution in [-0.2, 0) is 0 Å². The lowest BCUT2D eigenvalue weighted by Gasteiger charge is -2.39. The quantitative estimate of drug-likeness (QED) is 0.730. The third-order valence-corrected chi connectivity index (χ3v) is 4.90. The Balaban J connectivity index is 1.77. The summed E-state index contributed by atoms with van der Waals surface area (Å²) in [6.07, 6.45) is 1.72. The molecular weight excluding hydrogens is 368 g/mol. The van der Waals surface area contributed by atoms with Crippen molar-refractivity contribution < 1.29 is 18.7 Å². The molecule has 1 saturated heterocycles. The van der Waals surface area contributed by atoms with Gasteiger partial charge in [-0.1, -0.05) is 12.1 Å². The summed E-state index contributed by atoms with van der Waals surface area (Å²) >= 11 is 0. The van der Waals surface area contributed by atoms with Gasteiger partial charge in [-0.2, -0.15) is 0 Å². The molecule has 0 unspecified atom stereocenters. The Morgan fingerprint density at radius 1 is 1.18 bits per heavy atom. The van der Waals surface area contributed by atoms with Crippen LogP contribution >= 0.6 is 0 Å². The van der Waals surface area contributed by atoms with E-state index in [9.17, 15) is 14.3 Å². The number of carbonyl (C=O) groups is 1. The van der Waals surface area contributed by atoms with Gasteiger partial charge in [-0.3, -0.25) is 4.98 Å². The van der Waals surface area contributed by atoms with Gasteiger partial charge in [0.2, 0.25) is 0 Å². The molecule has 1 N–H and O–H groups in total. The molecule has 0 saturated carbocycles. The van der Waals surface area contributed by atoms with Gasteiger partial charge in [0.25, 0.3) is 0 Å². The Kier molecular flexibility index (Phi) is 4.50. The Bertz CT molecular complexity index is 1060. The van der Waals surface area contributed by atoms with E-state index in [0.717, 1.165) is 0 Å². The molecule has 1 aliphatic heterocycles. The number of aromatic nitrogens is 3. The Labute approximate surface area is 159 Å². The number of halogens is 2. The first kappa shape index (κ1) is 18.0. The predicted octanol–water partition coefficient (Wildman–Crippen LogP) is 3.16. The number of carboxylic acid groups (broad SMARTS) is 1. The zero-order valence-corrected chi connectivity index (χ0v) is 15.0. The van der Waals surface area contributed by atoms with Crippen LogP contribution in [0.3, 0.4) is 0 Å². The number of benzene rings is 1. The number of fused-ring (bicyclic) bond motifs is 1. The number of pyridine rings is 1. The standard InChI is InChI=1S/C19H17F2N5O2/c1-11-9-25(19(27)28)6-7-26(11)18-13-8-22-16(12-4-2-3-5-14(12)20)15(21)17(13)23-10-24-18/h2-5,8,10-11H,6-7,9H2,1H3,(H,27,28)/t11-/m0/s1. The fraction of sp³-hybridized carbons (Fsp3) is 0.263. The fourth-order valence-electron chi connectivity index (χ4n) is 3.49. The first-order valence-corrected chi connectivity index (χ1v) is 8.76. The van der Waals surface area contributed by atoms with E-state index < -0.39 is 17.7 Å². The van der Waals surface area contributed by atoms with Gasteiger partial charge in [-0.15, -0.1) is 0 Å². The molecule has 0 bridgehead atoms. The minimum Gasteiger partial charge on any atom is -0.465 e. The van der Waals surface area contributed by atoms with Gasteiger partial charge in [0.1, 0.15) is 29.2 Å². The fourth-order valence-corrected chi connectivity index (χ4v) is 3.49. The summed E-state index contributed by atoms with van der Waals surface area (Å²) in [5.41, 5.74) is -0.00406. The highest BCUT2D eigenvalue weighted by atomic mass is 19.1. The van der Waals surface area contributed by atoms with Crippen molar-refractivity contribution >= 4 is 22.8 Å². The average molecular weight is 385 g/mol. The molecule has 0 spiro atoms. The van der Waals surface area contributed by atoms with Crippen LogP contribution in [0.5, 0.6) is 0 Å². The van der Waals surface area contributed by atoms with Crippen molar-refractivity contribution in [1.29, 1.82) is 0 Å². The lowest BCUT2D eigenvalue weighted by Crippen LogP contribution is -2.53. The smallest absolute Gasteiger partial charge is 0.407 e. The number of hydrogen-bond acceptors (Lipinski definition) is 5. The number of rotatable bonds is 2. The molecule has 1 amide bonds. The molecule has 1 fully saturated rings. The van der Waals surface area contributed by atoms with Crippen LogP contribution in [0.1, 0.15) is 6.92 Å². The molecule has 3 aromatic rings. The van der Waals surface area contributed by atoms with Crippen molar-refractivity contribution in [2.24, 2.45) is 0 Å². The summed E-state index contributed by atoms with van der Waals surface area (Å²) in [4.78, 5) is 26.9. The third kappa shape index (κ3) is 2.98. The highest BCUT2D eigenvalue weighted by molar-refractivity contribution is 5.91. The number of nitrogens with zero attached hydrogens (tertiary/aromatic N) is 5. The molecule has 1 aromatic carbocycles. The van der Waals surface area contributed by atoms with Gasteiger partial charge < -0.3 is 14.9 Å². The monoisotopic (exact) mass is 385 g/mol. The third-order valence-electron chi connectivity index (χ3n) is 4.90. The SMILES string of the molecule is C[C@H]1CN(C(=O)O)CCN1c1ncnc2c(F)c(-c3ccccc3F)ncc12. The normalized spacial score (nSPS) is 17.2. The van der Waals surface area contributed by atoms with E-state index in [1.165, 1.54) is 35.6 Å². The molecule has 7 nitrogen and oxygen atoms in total. The van der Waals surface area contributed by atoms with Crippen LogP contribution in [0, 0.1) is 11.6 Å². The summed E-state index contributed by atoms with van der Waals surface area (Å²) in [7, 11) is 0. The maximum absolute atomic E-state index is 15.1. The Morgan fingerprint density at radius 3 is 2.68 bits per heavy atom. The van der Waals surface area contributed by atoms with Gasteiger partial charge in [0, 0.05) is 37.4 Å². The summed E-state index contributed by atoms with van der Waals surface area (Å²) in [6, 6.07) is 5.68. The van der Waals surface area contributed by atoms with Crippen LogP contribution in [0.2, 0.25) is 0 Å². The largest absolute Gasteiger partial charge is 0.465 e. The predicted molar refractivity (Wildman–Crippen MR) is 99.1 cm³/mol. The van der Waals surface area contributed by atoms with E-state index >= 15 is 4.39 Å². The minimum absolute atomic E-state index is 0.0473. The minimum atomic E-state index is -0.971. The van der Waals surface area contributed by atoms with E-state index in [2.05, 4.69) is 15.0 Å². The van der Waals surface area contributed by atoms with Crippen molar-refractivity contribution in [2.75, 3.05) is 24.5 Å². The molecule has 1 atom stereocenters. The molecule has 9 heteroatoms. The van der Waals surface area contributed by atoms with Crippen molar-refractivity contribution in [3.8, 4) is 11.3 Å². The van der Waals surface area contributed by atoms with E-state index in [0.29, 0.717) is 30.8 Å². The topological polar surface area (TPSA) is 82.5 Å². The first-order valence-electron chi connectivity index (χ1n) is 8.76. The van der Waals surface area contributed by atoms with Crippen LogP contribution < -0.4 is 4.90 Å². The summed E-state index contributed by atoms with van der Waals surface area (Å²) in [6.45, 7) is 2.91. The molecule has 2 aromatic heterocycles. The highest BCUT2D eigenvalue weighted by Crippen LogP contribution is 2.31. The molecule has 28 heavy (non-hydrogen) atoms. The van der Waals surface area contributed by atoms with Crippen molar-refractivity contribution in [2.45, 2.75) is 13.0 Å². The van der Waals surface area contributed by atoms with Crippen LogP contribution in [0.25, 0.3) is 22.2 Å². The van der Waals surface area contributed by atoms with Crippen molar-refractivity contribution in [1.82, 2.24) is 19.9 Å². The van der Waals surface area contributed by atoms with Crippen LogP contribution in [-0.4, -0.2) is 56.7 Å². The lowest BCUT2D eigenvalue weighted by molar-refractivity contribution is 0.136. The number of anilines is 1.